The molecule has 1 aromatic heterocycles. The summed E-state index contributed by atoms with van der Waals surface area (Å²) in [6, 6.07) is 14.1. The fraction of sp³-hybridized carbons (Fsp3) is 0.217. The Balaban J connectivity index is 1.55. The Kier molecular flexibility index (Phi) is 7.67. The summed E-state index contributed by atoms with van der Waals surface area (Å²) in [4.78, 5) is 43.2. The van der Waals surface area contributed by atoms with Gasteiger partial charge in [0.2, 0.25) is 11.8 Å². The number of carbonyl (C=O) groups is 3. The summed E-state index contributed by atoms with van der Waals surface area (Å²) in [5.41, 5.74) is 1.49. The van der Waals surface area contributed by atoms with E-state index in [1.807, 2.05) is 19.9 Å². The molecule has 0 aliphatic carbocycles. The Morgan fingerprint density at radius 2 is 1.69 bits per heavy atom. The molecule has 3 aromatic rings. The molecule has 2 N–H and O–H groups in total. The first-order chi connectivity index (χ1) is 15.3. The molecule has 9 heteroatoms. The van der Waals surface area contributed by atoms with Crippen LogP contribution >= 0.6 is 11.3 Å². The van der Waals surface area contributed by atoms with Crippen LogP contribution in [0.5, 0.6) is 0 Å². The van der Waals surface area contributed by atoms with Gasteiger partial charge >= 0.3 is 0 Å². The lowest BCUT2D eigenvalue weighted by atomic mass is 10.1. The van der Waals surface area contributed by atoms with E-state index < -0.39 is 0 Å². The van der Waals surface area contributed by atoms with Crippen molar-refractivity contribution in [3.8, 4) is 0 Å². The van der Waals surface area contributed by atoms with Gasteiger partial charge in [0.15, 0.2) is 5.13 Å². The van der Waals surface area contributed by atoms with Crippen molar-refractivity contribution in [1.82, 2.24) is 9.88 Å². The molecule has 3 amide bonds. The van der Waals surface area contributed by atoms with Crippen LogP contribution in [-0.4, -0.2) is 40.2 Å². The Morgan fingerprint density at radius 3 is 2.34 bits per heavy atom. The third-order valence-corrected chi connectivity index (χ3v) is 5.29. The van der Waals surface area contributed by atoms with Crippen molar-refractivity contribution < 1.29 is 18.8 Å². The van der Waals surface area contributed by atoms with E-state index >= 15 is 0 Å². The molecular weight excluding hydrogens is 431 g/mol. The number of aromatic nitrogens is 1. The molecule has 32 heavy (non-hydrogen) atoms. The molecule has 0 aliphatic heterocycles. The SMILES string of the molecule is CC(C)N(CC(=O)Nc1nc(CC(=O)Nc2ccc(F)cc2)cs1)C(=O)c1ccccc1. The Labute approximate surface area is 189 Å². The van der Waals surface area contributed by atoms with Crippen LogP contribution < -0.4 is 10.6 Å². The molecule has 0 bridgehead atoms. The minimum absolute atomic E-state index is 0.00829. The maximum Gasteiger partial charge on any atom is 0.254 e. The van der Waals surface area contributed by atoms with Crippen molar-refractivity contribution in [2.24, 2.45) is 0 Å². The number of rotatable bonds is 8. The lowest BCUT2D eigenvalue weighted by Crippen LogP contribution is -2.42. The van der Waals surface area contributed by atoms with Crippen LogP contribution in [-0.2, 0) is 16.0 Å². The van der Waals surface area contributed by atoms with Gasteiger partial charge in [-0.25, -0.2) is 9.37 Å². The Morgan fingerprint density at radius 1 is 1.00 bits per heavy atom. The van der Waals surface area contributed by atoms with Crippen molar-refractivity contribution in [2.45, 2.75) is 26.3 Å². The van der Waals surface area contributed by atoms with Crippen LogP contribution in [0.25, 0.3) is 0 Å². The van der Waals surface area contributed by atoms with Crippen molar-refractivity contribution in [1.29, 1.82) is 0 Å². The Hall–Kier alpha value is -3.59. The molecule has 1 heterocycles. The predicted octanol–water partition coefficient (Wildman–Crippen LogP) is 3.95. The van der Waals surface area contributed by atoms with Gasteiger partial charge in [0.1, 0.15) is 12.4 Å². The van der Waals surface area contributed by atoms with Gasteiger partial charge in [0, 0.05) is 22.7 Å². The highest BCUT2D eigenvalue weighted by atomic mass is 32.1. The highest BCUT2D eigenvalue weighted by Crippen LogP contribution is 2.17. The van der Waals surface area contributed by atoms with Crippen LogP contribution in [0.3, 0.4) is 0 Å². The zero-order chi connectivity index (χ0) is 23.1. The van der Waals surface area contributed by atoms with Gasteiger partial charge in [-0.3, -0.25) is 14.4 Å². The van der Waals surface area contributed by atoms with Gasteiger partial charge in [0.25, 0.3) is 5.91 Å². The summed E-state index contributed by atoms with van der Waals surface area (Å²) in [5.74, 6) is -1.30. The fourth-order valence-electron chi connectivity index (χ4n) is 2.90. The topological polar surface area (TPSA) is 91.4 Å². The largest absolute Gasteiger partial charge is 0.327 e. The lowest BCUT2D eigenvalue weighted by molar-refractivity contribution is -0.117. The molecule has 7 nitrogen and oxygen atoms in total. The first kappa shape index (κ1) is 23.1. The van der Waals surface area contributed by atoms with Crippen LogP contribution in [0.15, 0.2) is 60.0 Å². The molecule has 0 fully saturated rings. The number of anilines is 2. The molecule has 0 atom stereocenters. The van der Waals surface area contributed by atoms with Crippen LogP contribution in [0.2, 0.25) is 0 Å². The van der Waals surface area contributed by atoms with Gasteiger partial charge in [0.05, 0.1) is 12.1 Å². The first-order valence-corrected chi connectivity index (χ1v) is 10.9. The molecule has 166 valence electrons. The normalized spacial score (nSPS) is 10.6. The second-order valence-electron chi connectivity index (χ2n) is 7.32. The molecule has 0 radical (unpaired) electrons. The summed E-state index contributed by atoms with van der Waals surface area (Å²) < 4.78 is 13.0. The summed E-state index contributed by atoms with van der Waals surface area (Å²) in [6.45, 7) is 3.57. The number of nitrogens with zero attached hydrogens (tertiary/aromatic N) is 2. The van der Waals surface area contributed by atoms with E-state index in [4.69, 9.17) is 0 Å². The van der Waals surface area contributed by atoms with Gasteiger partial charge in [-0.1, -0.05) is 18.2 Å². The third-order valence-electron chi connectivity index (χ3n) is 4.49. The monoisotopic (exact) mass is 454 g/mol. The van der Waals surface area contributed by atoms with Crippen molar-refractivity contribution in [2.75, 3.05) is 17.2 Å². The molecule has 0 aliphatic rings. The van der Waals surface area contributed by atoms with E-state index in [2.05, 4.69) is 15.6 Å². The average molecular weight is 455 g/mol. The van der Waals surface area contributed by atoms with Gasteiger partial charge in [-0.05, 0) is 50.2 Å². The predicted molar refractivity (Wildman–Crippen MR) is 122 cm³/mol. The number of benzene rings is 2. The van der Waals surface area contributed by atoms with Crippen LogP contribution in [0.4, 0.5) is 15.2 Å². The number of carbonyl (C=O) groups excluding carboxylic acids is 3. The zero-order valence-corrected chi connectivity index (χ0v) is 18.5. The fourth-order valence-corrected chi connectivity index (χ4v) is 3.62. The highest BCUT2D eigenvalue weighted by Gasteiger charge is 2.22. The van der Waals surface area contributed by atoms with E-state index in [9.17, 15) is 18.8 Å². The maximum absolute atomic E-state index is 13.0. The van der Waals surface area contributed by atoms with E-state index in [0.717, 1.165) is 0 Å². The minimum atomic E-state index is -0.385. The highest BCUT2D eigenvalue weighted by molar-refractivity contribution is 7.13. The molecule has 0 spiro atoms. The molecule has 3 rings (SSSR count). The van der Waals surface area contributed by atoms with E-state index in [1.165, 1.54) is 40.5 Å². The van der Waals surface area contributed by atoms with E-state index in [1.54, 1.807) is 29.6 Å². The summed E-state index contributed by atoms with van der Waals surface area (Å²) in [5, 5.41) is 7.36. The molecule has 0 saturated heterocycles. The van der Waals surface area contributed by atoms with Gasteiger partial charge < -0.3 is 15.5 Å². The van der Waals surface area contributed by atoms with Crippen molar-refractivity contribution in [3.63, 3.8) is 0 Å². The number of hydrogen-bond acceptors (Lipinski definition) is 5. The summed E-state index contributed by atoms with van der Waals surface area (Å²) in [7, 11) is 0. The number of amides is 3. The maximum atomic E-state index is 13.0. The first-order valence-electron chi connectivity index (χ1n) is 9.97. The van der Waals surface area contributed by atoms with Gasteiger partial charge in [-0.15, -0.1) is 11.3 Å². The minimum Gasteiger partial charge on any atom is -0.327 e. The molecule has 0 unspecified atom stereocenters. The Bertz CT molecular complexity index is 1080. The van der Waals surface area contributed by atoms with Crippen LogP contribution in [0, 0.1) is 5.82 Å². The number of nitrogens with one attached hydrogen (secondary N) is 2. The summed E-state index contributed by atoms with van der Waals surface area (Å²) >= 11 is 1.19. The number of hydrogen-bond donors (Lipinski definition) is 2. The van der Waals surface area contributed by atoms with Crippen molar-refractivity contribution >= 4 is 39.9 Å². The number of thiazole rings is 1. The molecule has 0 saturated carbocycles. The third kappa shape index (κ3) is 6.45. The summed E-state index contributed by atoms with van der Waals surface area (Å²) in [6.07, 6.45) is 0.00829. The zero-order valence-electron chi connectivity index (χ0n) is 17.7. The van der Waals surface area contributed by atoms with Gasteiger partial charge in [-0.2, -0.15) is 0 Å². The smallest absolute Gasteiger partial charge is 0.254 e. The number of halogens is 1. The van der Waals surface area contributed by atoms with E-state index in [-0.39, 0.29) is 42.5 Å². The second-order valence-corrected chi connectivity index (χ2v) is 8.17. The van der Waals surface area contributed by atoms with Crippen LogP contribution in [0.1, 0.15) is 29.9 Å². The van der Waals surface area contributed by atoms with E-state index in [0.29, 0.717) is 22.1 Å². The van der Waals surface area contributed by atoms with Crippen molar-refractivity contribution in [3.05, 3.63) is 77.1 Å². The second kappa shape index (κ2) is 10.6. The quantitative estimate of drug-likeness (QED) is 0.539. The average Bonchev–Trinajstić information content (AvgIpc) is 3.20. The lowest BCUT2D eigenvalue weighted by Gasteiger charge is -2.26. The standard InChI is InChI=1S/C23H23FN4O3S/c1-15(2)28(22(31)16-6-4-3-5-7-16)13-21(30)27-23-26-19(14-32-23)12-20(29)25-18-10-8-17(24)9-11-18/h3-11,14-15H,12-13H2,1-2H3,(H,25,29)(H,26,27,30). The molecular formula is C23H23FN4O3S. The molecule has 2 aromatic carbocycles.